The molecule has 49 heavy (non-hydrogen) atoms. The van der Waals surface area contributed by atoms with Crippen molar-refractivity contribution in [2.75, 3.05) is 13.1 Å². The zero-order valence-electron chi connectivity index (χ0n) is 31.5. The Labute approximate surface area is 296 Å². The number of allylic oxidation sites excluding steroid dienone is 4. The Morgan fingerprint density at radius 3 is 2.29 bits per heavy atom. The molecule has 0 aromatic heterocycles. The van der Waals surface area contributed by atoms with E-state index < -0.39 is 16.4 Å². The fourth-order valence-corrected chi connectivity index (χ4v) is 14.5. The second kappa shape index (κ2) is 11.4. The number of carbonyl (C=O) groups is 2. The number of urea groups is 1. The first-order valence-electron chi connectivity index (χ1n) is 20.5. The van der Waals surface area contributed by atoms with E-state index in [4.69, 9.17) is 0 Å². The SMILES string of the molecule is CC(C)NC(=O)N(C[C@@H]1CC[C@H]2C[C@@H]1C2(C)C)C[C@]1(O)CC[C@H]2[C@]34C=C[C@@]5(C=C3C(=O)C3CCCCC3)CC(O)CC[C@]5(C)[C@H]4CC[C@@]21C. The Hall–Kier alpha value is -1.66. The van der Waals surface area contributed by atoms with Gasteiger partial charge in [0, 0.05) is 40.3 Å². The highest BCUT2D eigenvalue weighted by Crippen LogP contribution is 2.78. The molecule has 2 amide bonds. The number of nitrogens with zero attached hydrogens (tertiary/aromatic N) is 1. The van der Waals surface area contributed by atoms with Crippen LogP contribution in [0.2, 0.25) is 0 Å². The van der Waals surface area contributed by atoms with Crippen LogP contribution in [0.1, 0.15) is 138 Å². The third-order valence-corrected chi connectivity index (χ3v) is 17.6. The molecule has 0 saturated heterocycles. The molecule has 6 heteroatoms. The van der Waals surface area contributed by atoms with Crippen molar-refractivity contribution in [2.24, 2.45) is 62.6 Å². The number of rotatable bonds is 7. The highest BCUT2D eigenvalue weighted by molar-refractivity contribution is 6.00. The molecule has 10 rings (SSSR count). The Balaban J connectivity index is 1.16. The molecular weight excluding hydrogens is 608 g/mol. The van der Waals surface area contributed by atoms with E-state index in [9.17, 15) is 19.8 Å². The molecule has 0 heterocycles. The molecule has 7 saturated carbocycles. The molecular formula is C43H66N2O4. The molecule has 11 atom stereocenters. The summed E-state index contributed by atoms with van der Waals surface area (Å²) in [5.74, 6) is 2.84. The summed E-state index contributed by atoms with van der Waals surface area (Å²) in [6.45, 7) is 14.8. The van der Waals surface area contributed by atoms with Gasteiger partial charge >= 0.3 is 6.03 Å². The molecule has 272 valence electrons. The summed E-state index contributed by atoms with van der Waals surface area (Å²) in [7, 11) is 0. The van der Waals surface area contributed by atoms with Gasteiger partial charge in [0.15, 0.2) is 5.78 Å². The lowest BCUT2D eigenvalue weighted by Crippen LogP contribution is -2.68. The van der Waals surface area contributed by atoms with Gasteiger partial charge in [-0.3, -0.25) is 4.79 Å². The number of hydrogen-bond donors (Lipinski definition) is 3. The first-order valence-corrected chi connectivity index (χ1v) is 20.5. The Bertz CT molecular complexity index is 1430. The minimum Gasteiger partial charge on any atom is -0.393 e. The number of fused-ring (bicyclic) bond motifs is 3. The van der Waals surface area contributed by atoms with Crippen molar-refractivity contribution in [3.05, 3.63) is 23.8 Å². The average molecular weight is 675 g/mol. The van der Waals surface area contributed by atoms with E-state index in [0.717, 1.165) is 69.3 Å². The smallest absolute Gasteiger partial charge is 0.317 e. The fourth-order valence-electron chi connectivity index (χ4n) is 14.5. The van der Waals surface area contributed by atoms with Crippen LogP contribution in [0, 0.1) is 62.6 Å². The average Bonchev–Trinajstić information content (AvgIpc) is 3.34. The van der Waals surface area contributed by atoms with Crippen LogP contribution in [0.3, 0.4) is 0 Å². The van der Waals surface area contributed by atoms with Gasteiger partial charge in [-0.2, -0.15) is 0 Å². The van der Waals surface area contributed by atoms with Crippen molar-refractivity contribution in [3.8, 4) is 0 Å². The molecule has 0 aliphatic heterocycles. The number of aliphatic hydroxyl groups is 2. The third kappa shape index (κ3) is 4.69. The number of aliphatic hydroxyl groups excluding tert-OH is 1. The molecule has 2 spiro atoms. The van der Waals surface area contributed by atoms with Crippen molar-refractivity contribution in [3.63, 3.8) is 0 Å². The first kappa shape index (κ1) is 34.4. The standard InChI is InChI=1S/C43H66N2O4/c1-27(2)44-37(48)45(25-29-12-13-30-22-32(29)38(30,3)4)26-42(49)19-16-35-40(42,6)18-15-34-39(5)17-14-31(46)23-41(39)20-21-43(34,35)33(24-41)36(47)28-10-8-7-9-11-28/h20-21,24,27-32,34-35,46,49H,7-19,22-23,25-26H2,1-6H3,(H,44,48)/t29-,30-,31?,32-,34+,35+,39+,40-,41-,42+,43+/m0/s1. The summed E-state index contributed by atoms with van der Waals surface area (Å²) in [4.78, 5) is 30.9. The van der Waals surface area contributed by atoms with E-state index in [1.54, 1.807) is 0 Å². The van der Waals surface area contributed by atoms with Crippen LogP contribution in [0.15, 0.2) is 23.8 Å². The van der Waals surface area contributed by atoms with Gasteiger partial charge in [0.2, 0.25) is 0 Å². The lowest BCUT2D eigenvalue weighted by molar-refractivity contribution is -0.179. The minimum atomic E-state index is -1.03. The van der Waals surface area contributed by atoms with E-state index >= 15 is 0 Å². The molecule has 4 bridgehead atoms. The van der Waals surface area contributed by atoms with E-state index in [-0.39, 0.29) is 40.8 Å². The van der Waals surface area contributed by atoms with Gasteiger partial charge in [-0.25, -0.2) is 4.79 Å². The van der Waals surface area contributed by atoms with Gasteiger partial charge in [0.05, 0.1) is 18.2 Å². The molecule has 0 radical (unpaired) electrons. The normalized spacial score (nSPS) is 47.8. The summed E-state index contributed by atoms with van der Waals surface area (Å²) in [6.07, 6.45) is 22.0. The monoisotopic (exact) mass is 675 g/mol. The number of hydrogen-bond acceptors (Lipinski definition) is 4. The minimum absolute atomic E-state index is 0.0169. The molecule has 0 aromatic carbocycles. The number of ketones is 1. The maximum atomic E-state index is 14.9. The van der Waals surface area contributed by atoms with Crippen LogP contribution in [0.4, 0.5) is 4.79 Å². The predicted octanol–water partition coefficient (Wildman–Crippen LogP) is 8.22. The van der Waals surface area contributed by atoms with Gasteiger partial charge < -0.3 is 20.4 Å². The van der Waals surface area contributed by atoms with E-state index in [0.29, 0.717) is 54.9 Å². The molecule has 10 aliphatic rings. The maximum Gasteiger partial charge on any atom is 0.317 e. The second-order valence-corrected chi connectivity index (χ2v) is 20.2. The highest BCUT2D eigenvalue weighted by atomic mass is 16.3. The second-order valence-electron chi connectivity index (χ2n) is 20.2. The zero-order valence-corrected chi connectivity index (χ0v) is 31.5. The largest absolute Gasteiger partial charge is 0.393 e. The van der Waals surface area contributed by atoms with E-state index in [1.807, 2.05) is 18.7 Å². The summed E-state index contributed by atoms with van der Waals surface area (Å²) in [5.41, 5.74) is -0.770. The van der Waals surface area contributed by atoms with Crippen LogP contribution in [-0.4, -0.2) is 57.8 Å². The van der Waals surface area contributed by atoms with Crippen molar-refractivity contribution in [1.82, 2.24) is 10.2 Å². The van der Waals surface area contributed by atoms with E-state index in [2.05, 4.69) is 51.2 Å². The van der Waals surface area contributed by atoms with Gasteiger partial charge in [-0.15, -0.1) is 0 Å². The van der Waals surface area contributed by atoms with Crippen molar-refractivity contribution in [2.45, 2.75) is 156 Å². The van der Waals surface area contributed by atoms with E-state index in [1.165, 1.54) is 25.7 Å². The number of Topliss-reactive ketones (excluding diaryl/α,β-unsaturated/α-hetero) is 1. The van der Waals surface area contributed by atoms with Crippen LogP contribution in [-0.2, 0) is 4.79 Å². The third-order valence-electron chi connectivity index (χ3n) is 17.6. The summed E-state index contributed by atoms with van der Waals surface area (Å²) >= 11 is 0. The summed E-state index contributed by atoms with van der Waals surface area (Å²) in [5, 5.41) is 27.4. The molecule has 6 nitrogen and oxygen atoms in total. The number of amides is 2. The quantitative estimate of drug-likeness (QED) is 0.238. The summed E-state index contributed by atoms with van der Waals surface area (Å²) < 4.78 is 0. The Kier molecular flexibility index (Phi) is 8.02. The Morgan fingerprint density at radius 2 is 1.59 bits per heavy atom. The van der Waals surface area contributed by atoms with Crippen molar-refractivity contribution in [1.29, 1.82) is 0 Å². The maximum absolute atomic E-state index is 14.9. The van der Waals surface area contributed by atoms with Gasteiger partial charge in [0.25, 0.3) is 0 Å². The molecule has 1 unspecified atom stereocenters. The summed E-state index contributed by atoms with van der Waals surface area (Å²) in [6, 6.07) is -0.00665. The van der Waals surface area contributed by atoms with Gasteiger partial charge in [-0.1, -0.05) is 65.2 Å². The predicted molar refractivity (Wildman–Crippen MR) is 193 cm³/mol. The Morgan fingerprint density at radius 1 is 0.898 bits per heavy atom. The molecule has 3 N–H and O–H groups in total. The van der Waals surface area contributed by atoms with Crippen LogP contribution in [0.5, 0.6) is 0 Å². The number of carbonyl (C=O) groups excluding carboxylic acids is 2. The van der Waals surface area contributed by atoms with Crippen molar-refractivity contribution < 1.29 is 19.8 Å². The van der Waals surface area contributed by atoms with Gasteiger partial charge in [-0.05, 0) is 131 Å². The molecule has 10 aliphatic carbocycles. The molecule has 0 aromatic rings. The fraction of sp³-hybridized carbons (Fsp3) is 0.860. The first-order chi connectivity index (χ1) is 23.1. The van der Waals surface area contributed by atoms with Gasteiger partial charge in [0.1, 0.15) is 0 Å². The topological polar surface area (TPSA) is 89.9 Å². The van der Waals surface area contributed by atoms with Crippen LogP contribution in [0.25, 0.3) is 0 Å². The van der Waals surface area contributed by atoms with Crippen LogP contribution < -0.4 is 5.32 Å². The molecule has 7 fully saturated rings. The zero-order chi connectivity index (χ0) is 34.8. The highest BCUT2D eigenvalue weighted by Gasteiger charge is 2.74. The lowest BCUT2D eigenvalue weighted by atomic mass is 9.32. The van der Waals surface area contributed by atoms with Crippen molar-refractivity contribution >= 4 is 11.8 Å². The van der Waals surface area contributed by atoms with Crippen LogP contribution >= 0.6 is 0 Å². The number of nitrogens with one attached hydrogen (secondary N) is 1. The lowest BCUT2D eigenvalue weighted by Gasteiger charge is -2.71.